The average molecular weight is 291 g/mol. The van der Waals surface area contributed by atoms with E-state index in [1.165, 1.54) is 18.4 Å². The van der Waals surface area contributed by atoms with E-state index in [1.807, 2.05) is 0 Å². The van der Waals surface area contributed by atoms with Gasteiger partial charge in [0.2, 0.25) is 5.91 Å². The largest absolute Gasteiger partial charge is 0.384 e. The van der Waals surface area contributed by atoms with Gasteiger partial charge in [-0.05, 0) is 49.4 Å². The molecule has 3 atom stereocenters. The molecule has 3 fully saturated rings. The van der Waals surface area contributed by atoms with Crippen LogP contribution in [0, 0.1) is 22.7 Å². The monoisotopic (exact) mass is 291 g/mol. The maximum atomic E-state index is 13.3. The number of amides is 1. The number of likely N-dealkylation sites (tertiary alicyclic amines) is 1. The van der Waals surface area contributed by atoms with Crippen LogP contribution in [0.15, 0.2) is 12.2 Å². The zero-order chi connectivity index (χ0) is 15.3. The third-order valence-electron chi connectivity index (χ3n) is 6.51. The van der Waals surface area contributed by atoms with Gasteiger partial charge in [0, 0.05) is 20.2 Å². The first-order valence-corrected chi connectivity index (χ1v) is 8.40. The van der Waals surface area contributed by atoms with Crippen LogP contribution in [-0.2, 0) is 9.53 Å². The summed E-state index contributed by atoms with van der Waals surface area (Å²) in [6.07, 6.45) is 5.52. The Bertz CT molecular complexity index is 454. The number of carbonyl (C=O) groups excluding carboxylic acids is 1. The van der Waals surface area contributed by atoms with Gasteiger partial charge in [0.05, 0.1) is 12.0 Å². The fraction of sp³-hybridized carbons (Fsp3) is 0.833. The van der Waals surface area contributed by atoms with E-state index in [0.29, 0.717) is 17.7 Å². The molecule has 1 aliphatic heterocycles. The SMILES string of the molecule is C=C1C(C)(C)[C@H]2CC[C@]1(C(=O)N1CCC[C@@H](COC)C1)C2. The predicted octanol–water partition coefficient (Wildman–Crippen LogP) is 3.25. The van der Waals surface area contributed by atoms with Crippen molar-refractivity contribution in [3.05, 3.63) is 12.2 Å². The minimum absolute atomic E-state index is 0.135. The molecule has 3 aliphatic rings. The molecule has 3 nitrogen and oxygen atoms in total. The topological polar surface area (TPSA) is 29.5 Å². The van der Waals surface area contributed by atoms with Gasteiger partial charge in [0.1, 0.15) is 0 Å². The second kappa shape index (κ2) is 5.12. The van der Waals surface area contributed by atoms with Crippen molar-refractivity contribution in [3.63, 3.8) is 0 Å². The van der Waals surface area contributed by atoms with E-state index in [1.54, 1.807) is 7.11 Å². The van der Waals surface area contributed by atoms with Crippen molar-refractivity contribution in [1.29, 1.82) is 0 Å². The van der Waals surface area contributed by atoms with Crippen molar-refractivity contribution < 1.29 is 9.53 Å². The summed E-state index contributed by atoms with van der Waals surface area (Å²) in [5.74, 6) is 1.51. The quantitative estimate of drug-likeness (QED) is 0.747. The van der Waals surface area contributed by atoms with Crippen LogP contribution in [0.5, 0.6) is 0 Å². The van der Waals surface area contributed by atoms with Gasteiger partial charge in [0.15, 0.2) is 0 Å². The highest BCUT2D eigenvalue weighted by atomic mass is 16.5. The number of hydrogen-bond donors (Lipinski definition) is 0. The van der Waals surface area contributed by atoms with Crippen LogP contribution in [0.2, 0.25) is 0 Å². The Labute approximate surface area is 128 Å². The number of piperidine rings is 1. The Kier molecular flexibility index (Phi) is 3.67. The second-order valence-corrected chi connectivity index (χ2v) is 7.94. The number of rotatable bonds is 3. The molecule has 0 aromatic carbocycles. The first kappa shape index (κ1) is 15.1. The van der Waals surface area contributed by atoms with E-state index in [9.17, 15) is 4.79 Å². The molecule has 3 rings (SSSR count). The van der Waals surface area contributed by atoms with Crippen LogP contribution >= 0.6 is 0 Å². The summed E-state index contributed by atoms with van der Waals surface area (Å²) in [6.45, 7) is 11.5. The van der Waals surface area contributed by atoms with Gasteiger partial charge in [-0.15, -0.1) is 0 Å². The number of carbonyl (C=O) groups is 1. The molecule has 0 unspecified atom stereocenters. The van der Waals surface area contributed by atoms with Gasteiger partial charge in [-0.2, -0.15) is 0 Å². The van der Waals surface area contributed by atoms with Crippen LogP contribution in [0.4, 0.5) is 0 Å². The summed E-state index contributed by atoms with van der Waals surface area (Å²) < 4.78 is 5.29. The molecule has 21 heavy (non-hydrogen) atoms. The standard InChI is InChI=1S/C18H29NO2/c1-13-17(2,3)15-7-8-18(13,10-15)16(20)19-9-5-6-14(11-19)12-21-4/h14-15H,1,5-12H2,2-4H3/t14-,15+,18+/m1/s1. The minimum atomic E-state index is -0.247. The van der Waals surface area contributed by atoms with E-state index >= 15 is 0 Å². The van der Waals surface area contributed by atoms with Crippen molar-refractivity contribution in [3.8, 4) is 0 Å². The molecular weight excluding hydrogens is 262 g/mol. The fourth-order valence-corrected chi connectivity index (χ4v) is 5.05. The van der Waals surface area contributed by atoms with Gasteiger partial charge >= 0.3 is 0 Å². The normalized spacial score (nSPS) is 38.0. The molecule has 0 N–H and O–H groups in total. The lowest BCUT2D eigenvalue weighted by Crippen LogP contribution is -2.48. The zero-order valence-electron chi connectivity index (χ0n) is 13.8. The van der Waals surface area contributed by atoms with E-state index < -0.39 is 0 Å². The maximum absolute atomic E-state index is 13.3. The van der Waals surface area contributed by atoms with Crippen molar-refractivity contribution in [2.24, 2.45) is 22.7 Å². The lowest BCUT2D eigenvalue weighted by Gasteiger charge is -2.42. The van der Waals surface area contributed by atoms with Crippen LogP contribution in [0.3, 0.4) is 0 Å². The number of hydrogen-bond acceptors (Lipinski definition) is 2. The van der Waals surface area contributed by atoms with Crippen molar-refractivity contribution in [1.82, 2.24) is 4.90 Å². The molecular formula is C18H29NO2. The molecule has 1 heterocycles. The maximum Gasteiger partial charge on any atom is 0.232 e. The summed E-state index contributed by atoms with van der Waals surface area (Å²) in [7, 11) is 1.75. The fourth-order valence-electron chi connectivity index (χ4n) is 5.05. The van der Waals surface area contributed by atoms with Gasteiger partial charge < -0.3 is 9.64 Å². The lowest BCUT2D eigenvalue weighted by atomic mass is 9.68. The smallest absolute Gasteiger partial charge is 0.232 e. The Morgan fingerprint density at radius 2 is 2.19 bits per heavy atom. The van der Waals surface area contributed by atoms with Crippen LogP contribution in [-0.4, -0.2) is 37.6 Å². The van der Waals surface area contributed by atoms with Gasteiger partial charge in [-0.3, -0.25) is 4.79 Å². The summed E-state index contributed by atoms with van der Waals surface area (Å²) in [6, 6.07) is 0. The average Bonchev–Trinajstić information content (AvgIpc) is 2.99. The highest BCUT2D eigenvalue weighted by Crippen LogP contribution is 2.66. The highest BCUT2D eigenvalue weighted by Gasteiger charge is 2.61. The Hall–Kier alpha value is -0.830. The van der Waals surface area contributed by atoms with E-state index in [4.69, 9.17) is 4.74 Å². The van der Waals surface area contributed by atoms with E-state index in [0.717, 1.165) is 39.0 Å². The summed E-state index contributed by atoms with van der Waals surface area (Å²) >= 11 is 0. The van der Waals surface area contributed by atoms with Crippen molar-refractivity contribution in [2.75, 3.05) is 26.8 Å². The molecule has 3 heteroatoms. The second-order valence-electron chi connectivity index (χ2n) is 7.94. The molecule has 0 aromatic heterocycles. The number of ether oxygens (including phenoxy) is 1. The molecule has 0 radical (unpaired) electrons. The summed E-state index contributed by atoms with van der Waals surface area (Å²) in [4.78, 5) is 15.4. The van der Waals surface area contributed by atoms with Gasteiger partial charge in [-0.1, -0.05) is 26.0 Å². The molecule has 2 saturated carbocycles. The Morgan fingerprint density at radius 3 is 2.81 bits per heavy atom. The molecule has 0 aromatic rings. The van der Waals surface area contributed by atoms with Crippen LogP contribution in [0.25, 0.3) is 0 Å². The molecule has 0 spiro atoms. The number of nitrogens with zero attached hydrogens (tertiary/aromatic N) is 1. The zero-order valence-corrected chi connectivity index (χ0v) is 13.8. The third kappa shape index (κ3) is 2.16. The first-order valence-electron chi connectivity index (χ1n) is 8.40. The minimum Gasteiger partial charge on any atom is -0.384 e. The summed E-state index contributed by atoms with van der Waals surface area (Å²) in [5.41, 5.74) is 1.09. The Morgan fingerprint density at radius 1 is 1.43 bits per heavy atom. The first-order chi connectivity index (χ1) is 9.91. The Balaban J connectivity index is 1.78. The number of methoxy groups -OCH3 is 1. The van der Waals surface area contributed by atoms with Crippen molar-refractivity contribution in [2.45, 2.75) is 46.0 Å². The number of fused-ring (bicyclic) bond motifs is 2. The molecule has 1 saturated heterocycles. The molecule has 2 aliphatic carbocycles. The van der Waals surface area contributed by atoms with Gasteiger partial charge in [0.25, 0.3) is 0 Å². The third-order valence-corrected chi connectivity index (χ3v) is 6.51. The molecule has 1 amide bonds. The van der Waals surface area contributed by atoms with E-state index in [-0.39, 0.29) is 10.8 Å². The molecule has 118 valence electrons. The highest BCUT2D eigenvalue weighted by molar-refractivity contribution is 5.87. The van der Waals surface area contributed by atoms with Crippen molar-refractivity contribution >= 4 is 5.91 Å². The lowest BCUT2D eigenvalue weighted by molar-refractivity contribution is -0.142. The summed E-state index contributed by atoms with van der Waals surface area (Å²) in [5, 5.41) is 0. The van der Waals surface area contributed by atoms with Crippen LogP contribution < -0.4 is 0 Å². The van der Waals surface area contributed by atoms with Gasteiger partial charge in [-0.25, -0.2) is 0 Å². The molecule has 2 bridgehead atoms. The predicted molar refractivity (Wildman–Crippen MR) is 83.9 cm³/mol. The van der Waals surface area contributed by atoms with E-state index in [2.05, 4.69) is 25.3 Å². The van der Waals surface area contributed by atoms with Crippen LogP contribution in [0.1, 0.15) is 46.0 Å².